The summed E-state index contributed by atoms with van der Waals surface area (Å²) in [5.74, 6) is 0. The summed E-state index contributed by atoms with van der Waals surface area (Å²) in [7, 11) is 0. The zero-order valence-electron chi connectivity index (χ0n) is 8.42. The van der Waals surface area contributed by atoms with E-state index in [0.29, 0.717) is 0 Å². The monoisotopic (exact) mass is 265 g/mol. The van der Waals surface area contributed by atoms with E-state index in [1.54, 1.807) is 0 Å². The average molecular weight is 266 g/mol. The van der Waals surface area contributed by atoms with Crippen molar-refractivity contribution in [1.82, 2.24) is 0 Å². The van der Waals surface area contributed by atoms with Gasteiger partial charge in [-0.1, -0.05) is 11.6 Å². The molecule has 1 aromatic rings. The number of alkyl halides is 3. The summed E-state index contributed by atoms with van der Waals surface area (Å²) in [6.45, 7) is 0.339. The van der Waals surface area contributed by atoms with E-state index in [-0.39, 0.29) is 23.9 Å². The Morgan fingerprint density at radius 1 is 1.35 bits per heavy atom. The highest BCUT2D eigenvalue weighted by molar-refractivity contribution is 6.33. The number of nitrogens with zero attached hydrogens (tertiary/aromatic N) is 1. The van der Waals surface area contributed by atoms with Crippen LogP contribution in [0.5, 0.6) is 0 Å². The second-order valence-electron chi connectivity index (χ2n) is 3.43. The van der Waals surface area contributed by atoms with Crippen LogP contribution >= 0.6 is 11.6 Å². The highest BCUT2D eigenvalue weighted by Crippen LogP contribution is 2.36. The summed E-state index contributed by atoms with van der Waals surface area (Å²) in [4.78, 5) is 12.3. The van der Waals surface area contributed by atoms with Crippen molar-refractivity contribution in [3.05, 3.63) is 28.8 Å². The molecule has 0 unspecified atom stereocenters. The molecule has 1 aliphatic heterocycles. The Morgan fingerprint density at radius 3 is 2.59 bits per heavy atom. The lowest BCUT2D eigenvalue weighted by molar-refractivity contribution is -0.137. The van der Waals surface area contributed by atoms with E-state index >= 15 is 0 Å². The zero-order valence-corrected chi connectivity index (χ0v) is 9.18. The van der Waals surface area contributed by atoms with E-state index in [0.717, 1.165) is 23.1 Å². The lowest BCUT2D eigenvalue weighted by Crippen LogP contribution is -2.24. The molecule has 3 nitrogen and oxygen atoms in total. The van der Waals surface area contributed by atoms with Crippen LogP contribution in [-0.2, 0) is 10.9 Å². The van der Waals surface area contributed by atoms with Crippen LogP contribution in [-0.4, -0.2) is 19.2 Å². The molecule has 2 rings (SSSR count). The molecule has 1 aliphatic rings. The molecule has 7 heteroatoms. The van der Waals surface area contributed by atoms with Gasteiger partial charge in [-0.05, 0) is 18.2 Å². The topological polar surface area (TPSA) is 29.5 Å². The number of carbonyl (C=O) groups excluding carboxylic acids is 1. The highest BCUT2D eigenvalue weighted by atomic mass is 35.5. The van der Waals surface area contributed by atoms with Crippen molar-refractivity contribution in [3.63, 3.8) is 0 Å². The molecule has 1 heterocycles. The van der Waals surface area contributed by atoms with Gasteiger partial charge in [0.1, 0.15) is 6.61 Å². The lowest BCUT2D eigenvalue weighted by Gasteiger charge is -2.16. The number of rotatable bonds is 1. The van der Waals surface area contributed by atoms with Gasteiger partial charge in [0.15, 0.2) is 0 Å². The van der Waals surface area contributed by atoms with Gasteiger partial charge in [-0.15, -0.1) is 0 Å². The maximum atomic E-state index is 12.5. The molecular formula is C10H7ClF3NO2. The summed E-state index contributed by atoms with van der Waals surface area (Å²) in [5, 5.41) is 0.0804. The molecule has 0 atom stereocenters. The predicted octanol–water partition coefficient (Wildman–Crippen LogP) is 3.32. The number of hydrogen-bond acceptors (Lipinski definition) is 2. The fourth-order valence-electron chi connectivity index (χ4n) is 1.51. The molecule has 0 saturated carbocycles. The fourth-order valence-corrected chi connectivity index (χ4v) is 1.73. The smallest absolute Gasteiger partial charge is 0.416 e. The molecule has 17 heavy (non-hydrogen) atoms. The molecule has 1 saturated heterocycles. The van der Waals surface area contributed by atoms with Crippen LogP contribution in [0, 0.1) is 0 Å². The molecule has 0 radical (unpaired) electrons. The first-order valence-corrected chi connectivity index (χ1v) is 5.08. The van der Waals surface area contributed by atoms with E-state index in [1.165, 1.54) is 0 Å². The van der Waals surface area contributed by atoms with Crippen molar-refractivity contribution >= 4 is 23.4 Å². The van der Waals surface area contributed by atoms with E-state index in [9.17, 15) is 18.0 Å². The molecular weight excluding hydrogens is 259 g/mol. The van der Waals surface area contributed by atoms with Crippen LogP contribution in [0.2, 0.25) is 5.02 Å². The van der Waals surface area contributed by atoms with E-state index in [2.05, 4.69) is 4.74 Å². The third kappa shape index (κ3) is 2.31. The van der Waals surface area contributed by atoms with Gasteiger partial charge in [-0.3, -0.25) is 4.90 Å². The summed E-state index contributed by atoms with van der Waals surface area (Å²) in [6, 6.07) is 2.83. The van der Waals surface area contributed by atoms with Gasteiger partial charge in [0, 0.05) is 0 Å². The highest BCUT2D eigenvalue weighted by Gasteiger charge is 2.33. The molecule has 0 aliphatic carbocycles. The van der Waals surface area contributed by atoms with Crippen LogP contribution in [0.15, 0.2) is 18.2 Å². The molecule has 0 bridgehead atoms. The van der Waals surface area contributed by atoms with Crippen LogP contribution in [0.3, 0.4) is 0 Å². The van der Waals surface area contributed by atoms with E-state index < -0.39 is 17.8 Å². The fraction of sp³-hybridized carbons (Fsp3) is 0.300. The summed E-state index contributed by atoms with van der Waals surface area (Å²) >= 11 is 5.77. The van der Waals surface area contributed by atoms with Gasteiger partial charge in [0.25, 0.3) is 0 Å². The number of cyclic esters (lactones) is 1. The average Bonchev–Trinajstić information content (AvgIpc) is 2.63. The van der Waals surface area contributed by atoms with E-state index in [4.69, 9.17) is 11.6 Å². The summed E-state index contributed by atoms with van der Waals surface area (Å²) in [6.07, 6.45) is -5.16. The third-order valence-electron chi connectivity index (χ3n) is 2.33. The molecule has 92 valence electrons. The Bertz CT molecular complexity index is 461. The van der Waals surface area contributed by atoms with Crippen LogP contribution < -0.4 is 4.90 Å². The first kappa shape index (κ1) is 12.0. The second kappa shape index (κ2) is 4.10. The number of ether oxygens (including phenoxy) is 1. The quantitative estimate of drug-likeness (QED) is 0.780. The molecule has 0 spiro atoms. The van der Waals surface area contributed by atoms with Crippen molar-refractivity contribution in [1.29, 1.82) is 0 Å². The Balaban J connectivity index is 2.42. The van der Waals surface area contributed by atoms with Crippen LogP contribution in [0.4, 0.5) is 23.7 Å². The molecule has 1 aromatic carbocycles. The van der Waals surface area contributed by atoms with Gasteiger partial charge in [0.05, 0.1) is 22.8 Å². The third-order valence-corrected chi connectivity index (χ3v) is 2.64. The van der Waals surface area contributed by atoms with Crippen molar-refractivity contribution < 1.29 is 22.7 Å². The predicted molar refractivity (Wildman–Crippen MR) is 55.1 cm³/mol. The van der Waals surface area contributed by atoms with Crippen LogP contribution in [0.25, 0.3) is 0 Å². The number of carbonyl (C=O) groups is 1. The second-order valence-corrected chi connectivity index (χ2v) is 3.84. The maximum absolute atomic E-state index is 12.5. The first-order chi connectivity index (χ1) is 7.89. The minimum atomic E-state index is -4.47. The Morgan fingerprint density at radius 2 is 2.06 bits per heavy atom. The van der Waals surface area contributed by atoms with Gasteiger partial charge in [-0.25, -0.2) is 4.79 Å². The molecule has 0 N–H and O–H groups in total. The SMILES string of the molecule is O=C1OCCN1c1cc(C(F)(F)F)ccc1Cl. The summed E-state index contributed by atoms with van der Waals surface area (Å²) < 4.78 is 42.2. The number of amides is 1. The number of hydrogen-bond donors (Lipinski definition) is 0. The van der Waals surface area contributed by atoms with Gasteiger partial charge < -0.3 is 4.74 Å². The normalized spacial score (nSPS) is 16.2. The minimum absolute atomic E-state index is 0.0176. The minimum Gasteiger partial charge on any atom is -0.447 e. The first-order valence-electron chi connectivity index (χ1n) is 4.70. The van der Waals surface area contributed by atoms with Crippen molar-refractivity contribution in [3.8, 4) is 0 Å². The maximum Gasteiger partial charge on any atom is 0.416 e. The Labute approximate surface area is 99.7 Å². The van der Waals surface area contributed by atoms with E-state index in [1.807, 2.05) is 0 Å². The van der Waals surface area contributed by atoms with Gasteiger partial charge in [0.2, 0.25) is 0 Å². The zero-order chi connectivity index (χ0) is 12.6. The largest absolute Gasteiger partial charge is 0.447 e. The number of anilines is 1. The van der Waals surface area contributed by atoms with Gasteiger partial charge in [-0.2, -0.15) is 13.2 Å². The number of halogens is 4. The van der Waals surface area contributed by atoms with Gasteiger partial charge >= 0.3 is 12.3 Å². The molecule has 1 fully saturated rings. The Kier molecular flexibility index (Phi) is 2.91. The molecule has 0 aromatic heterocycles. The molecule has 1 amide bonds. The van der Waals surface area contributed by atoms with Crippen LogP contribution in [0.1, 0.15) is 5.56 Å². The number of benzene rings is 1. The van der Waals surface area contributed by atoms with Crippen molar-refractivity contribution in [2.45, 2.75) is 6.18 Å². The van der Waals surface area contributed by atoms with Crippen molar-refractivity contribution in [2.24, 2.45) is 0 Å². The Hall–Kier alpha value is -1.43. The summed E-state index contributed by atoms with van der Waals surface area (Å²) in [5.41, 5.74) is -0.833. The van der Waals surface area contributed by atoms with Crippen molar-refractivity contribution in [2.75, 3.05) is 18.1 Å². The lowest BCUT2D eigenvalue weighted by atomic mass is 10.2. The standard InChI is InChI=1S/C10H7ClF3NO2/c11-7-2-1-6(10(12,13)14)5-8(7)15-3-4-17-9(15)16/h1-2,5H,3-4H2.